The smallest absolute Gasteiger partial charge is 0.317 e. The third kappa shape index (κ3) is 4.75. The van der Waals surface area contributed by atoms with Gasteiger partial charge < -0.3 is 5.11 Å². The van der Waals surface area contributed by atoms with Crippen molar-refractivity contribution < 1.29 is 14.7 Å². The first kappa shape index (κ1) is 21.4. The molecule has 0 spiro atoms. The Bertz CT molecular complexity index is 883. The normalized spacial score (nSPS) is 28.1. The zero-order chi connectivity index (χ0) is 21.3. The van der Waals surface area contributed by atoms with Gasteiger partial charge >= 0.3 is 5.97 Å². The largest absolute Gasteiger partial charge is 0.480 e. The third-order valence-electron chi connectivity index (χ3n) is 6.41. The molecule has 0 radical (unpaired) electrons. The van der Waals surface area contributed by atoms with Crippen molar-refractivity contribution in [2.45, 2.75) is 50.7 Å². The standard InChI is InChI=1S/C23H27ClN2O3S/c1-14(11-16-12-15-3-2-4-19(15)16)9-10-26-21(27)13-20(22(28)29)30-23(26)25-18-7-5-17(24)6-8-18/h4-8,14-16,20H,2-3,9-13H2,1H3,(H,28,29)/b25-23+. The van der Waals surface area contributed by atoms with Gasteiger partial charge in [0.15, 0.2) is 5.17 Å². The summed E-state index contributed by atoms with van der Waals surface area (Å²) in [5.74, 6) is 0.924. The van der Waals surface area contributed by atoms with E-state index in [0.717, 1.165) is 30.0 Å². The van der Waals surface area contributed by atoms with Gasteiger partial charge in [0.25, 0.3) is 0 Å². The number of amides is 1. The molecule has 1 saturated carbocycles. The fourth-order valence-electron chi connectivity index (χ4n) is 4.72. The molecule has 4 unspecified atom stereocenters. The molecule has 1 saturated heterocycles. The first-order valence-corrected chi connectivity index (χ1v) is 11.9. The minimum atomic E-state index is -0.977. The van der Waals surface area contributed by atoms with Crippen molar-refractivity contribution in [1.29, 1.82) is 0 Å². The molecule has 2 aliphatic carbocycles. The van der Waals surface area contributed by atoms with E-state index in [4.69, 9.17) is 11.6 Å². The van der Waals surface area contributed by atoms with Gasteiger partial charge in [-0.05, 0) is 74.1 Å². The summed E-state index contributed by atoms with van der Waals surface area (Å²) in [6, 6.07) is 7.02. The number of thioether (sulfide) groups is 1. The molecule has 1 amide bonds. The summed E-state index contributed by atoms with van der Waals surface area (Å²) < 4.78 is 0. The number of aliphatic carboxylic acids is 1. The number of hydrogen-bond donors (Lipinski definition) is 1. The molecule has 1 aromatic rings. The van der Waals surface area contributed by atoms with E-state index in [9.17, 15) is 14.7 Å². The lowest BCUT2D eigenvalue weighted by atomic mass is 9.68. The number of carbonyl (C=O) groups excluding carboxylic acids is 1. The van der Waals surface area contributed by atoms with Crippen LogP contribution in [0.2, 0.25) is 5.02 Å². The van der Waals surface area contributed by atoms with E-state index in [1.165, 1.54) is 25.7 Å². The Morgan fingerprint density at radius 3 is 2.83 bits per heavy atom. The highest BCUT2D eigenvalue weighted by Gasteiger charge is 2.38. The number of carboxylic acid groups (broad SMARTS) is 1. The number of amidine groups is 1. The fourth-order valence-corrected chi connectivity index (χ4v) is 5.91. The van der Waals surface area contributed by atoms with Gasteiger partial charge in [-0.25, -0.2) is 4.99 Å². The van der Waals surface area contributed by atoms with Gasteiger partial charge in [-0.3, -0.25) is 14.5 Å². The van der Waals surface area contributed by atoms with Crippen LogP contribution in [-0.2, 0) is 9.59 Å². The predicted octanol–water partition coefficient (Wildman–Crippen LogP) is 5.52. The average Bonchev–Trinajstić information content (AvgIpc) is 3.08. The Labute approximate surface area is 186 Å². The van der Waals surface area contributed by atoms with Crippen LogP contribution in [0.3, 0.4) is 0 Å². The molecule has 1 aliphatic heterocycles. The molecular formula is C23H27ClN2O3S. The zero-order valence-electron chi connectivity index (χ0n) is 17.1. The molecule has 4 rings (SSSR count). The van der Waals surface area contributed by atoms with E-state index >= 15 is 0 Å². The van der Waals surface area contributed by atoms with E-state index in [0.29, 0.717) is 28.3 Å². The Hall–Kier alpha value is -1.79. The summed E-state index contributed by atoms with van der Waals surface area (Å²) in [5, 5.41) is 9.70. The Morgan fingerprint density at radius 1 is 1.37 bits per heavy atom. The van der Waals surface area contributed by atoms with Crippen molar-refractivity contribution in [3.05, 3.63) is 40.9 Å². The first-order valence-electron chi connectivity index (χ1n) is 10.6. The molecule has 1 aromatic carbocycles. The predicted molar refractivity (Wildman–Crippen MR) is 121 cm³/mol. The molecule has 30 heavy (non-hydrogen) atoms. The molecule has 7 heteroatoms. The van der Waals surface area contributed by atoms with Crippen LogP contribution in [0.4, 0.5) is 5.69 Å². The lowest BCUT2D eigenvalue weighted by Gasteiger charge is -2.38. The summed E-state index contributed by atoms with van der Waals surface area (Å²) in [6.45, 7) is 2.82. The van der Waals surface area contributed by atoms with Gasteiger partial charge in [-0.1, -0.05) is 41.9 Å². The van der Waals surface area contributed by atoms with Gasteiger partial charge in [0.1, 0.15) is 5.25 Å². The maximum Gasteiger partial charge on any atom is 0.317 e. The summed E-state index contributed by atoms with van der Waals surface area (Å²) in [7, 11) is 0. The molecule has 3 aliphatic rings. The highest BCUT2D eigenvalue weighted by Crippen LogP contribution is 2.49. The van der Waals surface area contributed by atoms with E-state index in [-0.39, 0.29) is 12.3 Å². The van der Waals surface area contributed by atoms with Crippen LogP contribution in [0, 0.1) is 17.8 Å². The molecule has 0 aromatic heterocycles. The number of hydrogen-bond acceptors (Lipinski definition) is 4. The van der Waals surface area contributed by atoms with Gasteiger partial charge in [-0.2, -0.15) is 0 Å². The number of allylic oxidation sites excluding steroid dienone is 2. The highest BCUT2D eigenvalue weighted by molar-refractivity contribution is 8.15. The topological polar surface area (TPSA) is 70.0 Å². The molecular weight excluding hydrogens is 420 g/mol. The number of halogens is 1. The SMILES string of the molecule is CC(CCN1C(=O)CC(C(=O)O)S/C1=N/c1ccc(Cl)cc1)CC1CC2CCC=C21. The lowest BCUT2D eigenvalue weighted by molar-refractivity contribution is -0.139. The molecule has 2 fully saturated rings. The van der Waals surface area contributed by atoms with Crippen LogP contribution in [0.15, 0.2) is 40.9 Å². The average molecular weight is 447 g/mol. The third-order valence-corrected chi connectivity index (χ3v) is 7.83. The summed E-state index contributed by atoms with van der Waals surface area (Å²) in [6.07, 6.45) is 8.37. The second kappa shape index (κ2) is 9.15. The monoisotopic (exact) mass is 446 g/mol. The number of benzene rings is 1. The van der Waals surface area contributed by atoms with Crippen LogP contribution < -0.4 is 0 Å². The lowest BCUT2D eigenvalue weighted by Crippen LogP contribution is -2.44. The fraction of sp³-hybridized carbons (Fsp3) is 0.522. The number of fused-ring (bicyclic) bond motifs is 1. The van der Waals surface area contributed by atoms with Gasteiger partial charge in [0.2, 0.25) is 5.91 Å². The van der Waals surface area contributed by atoms with Gasteiger partial charge in [-0.15, -0.1) is 0 Å². The second-order valence-corrected chi connectivity index (χ2v) is 10.2. The van der Waals surface area contributed by atoms with Crippen LogP contribution in [-0.4, -0.2) is 38.8 Å². The Morgan fingerprint density at radius 2 is 2.13 bits per heavy atom. The molecule has 5 nitrogen and oxygen atoms in total. The quantitative estimate of drug-likeness (QED) is 0.560. The van der Waals surface area contributed by atoms with Crippen molar-refractivity contribution >= 4 is 46.1 Å². The molecule has 1 heterocycles. The van der Waals surface area contributed by atoms with E-state index in [1.54, 1.807) is 34.7 Å². The molecule has 0 bridgehead atoms. The maximum absolute atomic E-state index is 12.8. The summed E-state index contributed by atoms with van der Waals surface area (Å²) in [5.41, 5.74) is 2.33. The van der Waals surface area contributed by atoms with E-state index in [2.05, 4.69) is 18.0 Å². The van der Waals surface area contributed by atoms with Crippen LogP contribution >= 0.6 is 23.4 Å². The molecule has 1 N–H and O–H groups in total. The van der Waals surface area contributed by atoms with Crippen LogP contribution in [0.25, 0.3) is 0 Å². The van der Waals surface area contributed by atoms with Crippen molar-refractivity contribution in [1.82, 2.24) is 4.90 Å². The summed E-state index contributed by atoms with van der Waals surface area (Å²) in [4.78, 5) is 30.5. The minimum absolute atomic E-state index is 0.00517. The highest BCUT2D eigenvalue weighted by atomic mass is 35.5. The second-order valence-electron chi connectivity index (χ2n) is 8.61. The maximum atomic E-state index is 12.8. The van der Waals surface area contributed by atoms with Gasteiger partial charge in [0.05, 0.1) is 12.1 Å². The van der Waals surface area contributed by atoms with Crippen LogP contribution in [0.1, 0.15) is 45.4 Å². The summed E-state index contributed by atoms with van der Waals surface area (Å²) >= 11 is 7.11. The van der Waals surface area contributed by atoms with E-state index < -0.39 is 11.2 Å². The van der Waals surface area contributed by atoms with E-state index in [1.807, 2.05) is 0 Å². The van der Waals surface area contributed by atoms with Crippen molar-refractivity contribution in [3.8, 4) is 0 Å². The van der Waals surface area contributed by atoms with Crippen molar-refractivity contribution in [3.63, 3.8) is 0 Å². The van der Waals surface area contributed by atoms with Crippen LogP contribution in [0.5, 0.6) is 0 Å². The minimum Gasteiger partial charge on any atom is -0.480 e. The Kier molecular flexibility index (Phi) is 6.54. The van der Waals surface area contributed by atoms with Crippen molar-refractivity contribution in [2.75, 3.05) is 6.54 Å². The number of carboxylic acids is 1. The zero-order valence-corrected chi connectivity index (χ0v) is 18.7. The number of rotatable bonds is 7. The number of aliphatic imine (C=N–C) groups is 1. The molecule has 4 atom stereocenters. The van der Waals surface area contributed by atoms with Crippen molar-refractivity contribution in [2.24, 2.45) is 22.7 Å². The van der Waals surface area contributed by atoms with Gasteiger partial charge in [0, 0.05) is 11.6 Å². The number of nitrogens with zero attached hydrogens (tertiary/aromatic N) is 2. The molecule has 160 valence electrons. The number of carbonyl (C=O) groups is 2. The Balaban J connectivity index is 1.42. The first-order chi connectivity index (χ1) is 14.4.